The summed E-state index contributed by atoms with van der Waals surface area (Å²) in [7, 11) is 0. The Morgan fingerprint density at radius 3 is 2.25 bits per heavy atom. The monoisotopic (exact) mass is 398 g/mol. The number of carbonyl (C=O) groups excluding carboxylic acids is 2. The van der Waals surface area contributed by atoms with Crippen molar-refractivity contribution in [2.75, 3.05) is 0 Å². The summed E-state index contributed by atoms with van der Waals surface area (Å²) in [5.41, 5.74) is 1.47. The highest BCUT2D eigenvalue weighted by Crippen LogP contribution is 2.38. The van der Waals surface area contributed by atoms with Crippen molar-refractivity contribution in [2.45, 2.75) is 38.1 Å². The van der Waals surface area contributed by atoms with E-state index in [0.717, 1.165) is 18.4 Å². The highest BCUT2D eigenvalue weighted by Gasteiger charge is 2.47. The fourth-order valence-electron chi connectivity index (χ4n) is 3.39. The van der Waals surface area contributed by atoms with Crippen molar-refractivity contribution in [3.63, 3.8) is 0 Å². The van der Waals surface area contributed by atoms with Gasteiger partial charge in [0.15, 0.2) is 0 Å². The van der Waals surface area contributed by atoms with E-state index in [1.165, 1.54) is 6.08 Å². The van der Waals surface area contributed by atoms with Gasteiger partial charge >= 0.3 is 11.9 Å². The van der Waals surface area contributed by atoms with E-state index in [2.05, 4.69) is 0 Å². The Kier molecular flexibility index (Phi) is 5.09. The number of rotatable bonds is 4. The lowest BCUT2D eigenvalue weighted by atomic mass is 10.1. The van der Waals surface area contributed by atoms with Crippen molar-refractivity contribution in [1.29, 1.82) is 0 Å². The molecule has 28 heavy (non-hydrogen) atoms. The average molecular weight is 399 g/mol. The zero-order valence-electron chi connectivity index (χ0n) is 15.2. The summed E-state index contributed by atoms with van der Waals surface area (Å²) in [6.45, 7) is 0.348. The van der Waals surface area contributed by atoms with Gasteiger partial charge in [-0.3, -0.25) is 0 Å². The second-order valence-electron chi connectivity index (χ2n) is 6.90. The third-order valence-corrected chi connectivity index (χ3v) is 5.27. The number of esters is 2. The lowest BCUT2D eigenvalue weighted by Crippen LogP contribution is -2.44. The molecular formula is C22H19ClO5. The summed E-state index contributed by atoms with van der Waals surface area (Å²) in [6.07, 6.45) is 4.37. The van der Waals surface area contributed by atoms with Gasteiger partial charge in [-0.2, -0.15) is 0 Å². The van der Waals surface area contributed by atoms with E-state index in [-0.39, 0.29) is 5.57 Å². The molecule has 0 aromatic heterocycles. The molecule has 1 heterocycles. The average Bonchev–Trinajstić information content (AvgIpc) is 3.12. The molecule has 2 fully saturated rings. The van der Waals surface area contributed by atoms with E-state index < -0.39 is 17.7 Å². The minimum absolute atomic E-state index is 0.0951. The first-order chi connectivity index (χ1) is 13.5. The van der Waals surface area contributed by atoms with Gasteiger partial charge in [-0.1, -0.05) is 41.9 Å². The quantitative estimate of drug-likeness (QED) is 0.425. The molecule has 144 valence electrons. The summed E-state index contributed by atoms with van der Waals surface area (Å²) in [6, 6.07) is 14.5. The molecule has 0 amide bonds. The maximum absolute atomic E-state index is 12.3. The zero-order chi connectivity index (χ0) is 19.6. The smallest absolute Gasteiger partial charge is 0.348 e. The molecule has 0 radical (unpaired) electrons. The topological polar surface area (TPSA) is 61.8 Å². The molecule has 0 bridgehead atoms. The molecule has 2 aromatic carbocycles. The molecule has 6 heteroatoms. The minimum Gasteiger partial charge on any atom is -0.489 e. The van der Waals surface area contributed by atoms with Crippen molar-refractivity contribution in [1.82, 2.24) is 0 Å². The normalized spacial score (nSPS) is 18.0. The highest BCUT2D eigenvalue weighted by molar-refractivity contribution is 6.31. The zero-order valence-corrected chi connectivity index (χ0v) is 15.9. The van der Waals surface area contributed by atoms with E-state index in [9.17, 15) is 9.59 Å². The Morgan fingerprint density at radius 2 is 1.61 bits per heavy atom. The van der Waals surface area contributed by atoms with E-state index >= 15 is 0 Å². The Balaban J connectivity index is 1.43. The Bertz CT molecular complexity index is 904. The van der Waals surface area contributed by atoms with Gasteiger partial charge in [0.05, 0.1) is 0 Å². The summed E-state index contributed by atoms with van der Waals surface area (Å²) in [5, 5.41) is 0.651. The number of halogens is 1. The largest absolute Gasteiger partial charge is 0.489 e. The molecule has 2 aromatic rings. The third kappa shape index (κ3) is 3.90. The standard InChI is InChI=1S/C22H19ClO5/c23-19-6-2-1-5-16(19)14-26-17-9-7-15(8-10-17)13-18-20(24)27-22(28-21(18)25)11-3-4-12-22/h1-2,5-10,13H,3-4,11-12,14H2. The first-order valence-electron chi connectivity index (χ1n) is 9.19. The van der Waals surface area contributed by atoms with Crippen molar-refractivity contribution in [3.05, 3.63) is 70.3 Å². The van der Waals surface area contributed by atoms with Crippen LogP contribution in [0.4, 0.5) is 0 Å². The molecule has 2 aliphatic rings. The molecular weight excluding hydrogens is 380 g/mol. The van der Waals surface area contributed by atoms with Gasteiger partial charge < -0.3 is 14.2 Å². The second-order valence-corrected chi connectivity index (χ2v) is 7.31. The Hall–Kier alpha value is -2.79. The van der Waals surface area contributed by atoms with Crippen molar-refractivity contribution >= 4 is 29.6 Å². The molecule has 5 nitrogen and oxygen atoms in total. The van der Waals surface area contributed by atoms with Crippen LogP contribution in [0.5, 0.6) is 5.75 Å². The maximum atomic E-state index is 12.3. The fourth-order valence-corrected chi connectivity index (χ4v) is 3.58. The SMILES string of the molecule is O=C1OC2(CCCC2)OC(=O)C1=Cc1ccc(OCc2ccccc2Cl)cc1. The van der Waals surface area contributed by atoms with Crippen LogP contribution >= 0.6 is 11.6 Å². The van der Waals surface area contributed by atoms with Crippen LogP contribution in [-0.2, 0) is 25.7 Å². The first-order valence-corrected chi connectivity index (χ1v) is 9.57. The van der Waals surface area contributed by atoms with E-state index in [1.807, 2.05) is 24.3 Å². The van der Waals surface area contributed by atoms with Crippen LogP contribution in [0.3, 0.4) is 0 Å². The van der Waals surface area contributed by atoms with Crippen LogP contribution in [-0.4, -0.2) is 17.7 Å². The number of ether oxygens (including phenoxy) is 3. The lowest BCUT2D eigenvalue weighted by Gasteiger charge is -2.32. The van der Waals surface area contributed by atoms with Crippen LogP contribution in [0.15, 0.2) is 54.1 Å². The predicted octanol–water partition coefficient (Wildman–Crippen LogP) is 4.67. The molecule has 1 saturated carbocycles. The molecule has 1 aliphatic heterocycles. The van der Waals surface area contributed by atoms with Crippen LogP contribution in [0, 0.1) is 0 Å². The predicted molar refractivity (Wildman–Crippen MR) is 104 cm³/mol. The number of hydrogen-bond donors (Lipinski definition) is 0. The molecule has 1 saturated heterocycles. The van der Waals surface area contributed by atoms with E-state index in [4.69, 9.17) is 25.8 Å². The van der Waals surface area contributed by atoms with Crippen LogP contribution in [0.2, 0.25) is 5.02 Å². The van der Waals surface area contributed by atoms with E-state index in [0.29, 0.717) is 35.8 Å². The van der Waals surface area contributed by atoms with Crippen molar-refractivity contribution in [2.24, 2.45) is 0 Å². The van der Waals surface area contributed by atoms with Gasteiger partial charge in [0, 0.05) is 23.4 Å². The second kappa shape index (κ2) is 7.68. The lowest BCUT2D eigenvalue weighted by molar-refractivity contribution is -0.232. The fraction of sp³-hybridized carbons (Fsp3) is 0.273. The van der Waals surface area contributed by atoms with Gasteiger partial charge in [0.2, 0.25) is 0 Å². The van der Waals surface area contributed by atoms with Gasteiger partial charge in [-0.15, -0.1) is 0 Å². The summed E-state index contributed by atoms with van der Waals surface area (Å²) in [5.74, 6) is -1.66. The number of carbonyl (C=O) groups is 2. The molecule has 1 spiro atoms. The van der Waals surface area contributed by atoms with Gasteiger partial charge in [-0.25, -0.2) is 9.59 Å². The summed E-state index contributed by atoms with van der Waals surface area (Å²) < 4.78 is 16.6. The van der Waals surface area contributed by atoms with Crippen LogP contribution in [0.25, 0.3) is 6.08 Å². The van der Waals surface area contributed by atoms with Crippen LogP contribution in [0.1, 0.15) is 36.8 Å². The molecule has 0 atom stereocenters. The first kappa shape index (κ1) is 18.6. The maximum Gasteiger partial charge on any atom is 0.348 e. The summed E-state index contributed by atoms with van der Waals surface area (Å²) >= 11 is 6.12. The molecule has 0 N–H and O–H groups in total. The van der Waals surface area contributed by atoms with Gasteiger partial charge in [0.1, 0.15) is 17.9 Å². The van der Waals surface area contributed by atoms with Gasteiger partial charge in [-0.05, 0) is 42.7 Å². The molecule has 0 unspecified atom stereocenters. The van der Waals surface area contributed by atoms with E-state index in [1.54, 1.807) is 24.3 Å². The van der Waals surface area contributed by atoms with Gasteiger partial charge in [0.25, 0.3) is 5.79 Å². The number of hydrogen-bond acceptors (Lipinski definition) is 5. The highest BCUT2D eigenvalue weighted by atomic mass is 35.5. The van der Waals surface area contributed by atoms with Crippen molar-refractivity contribution in [3.8, 4) is 5.75 Å². The minimum atomic E-state index is -1.05. The summed E-state index contributed by atoms with van der Waals surface area (Å²) in [4.78, 5) is 24.6. The Labute approximate surface area is 167 Å². The number of benzene rings is 2. The van der Waals surface area contributed by atoms with Crippen molar-refractivity contribution < 1.29 is 23.8 Å². The third-order valence-electron chi connectivity index (χ3n) is 4.91. The Morgan fingerprint density at radius 1 is 0.964 bits per heavy atom. The molecule has 1 aliphatic carbocycles. The van der Waals surface area contributed by atoms with Crippen LogP contribution < -0.4 is 4.74 Å². The molecule has 4 rings (SSSR count).